The summed E-state index contributed by atoms with van der Waals surface area (Å²) in [6.07, 6.45) is 0. The van der Waals surface area contributed by atoms with Crippen LogP contribution < -0.4 is 5.32 Å². The summed E-state index contributed by atoms with van der Waals surface area (Å²) >= 11 is 0. The largest absolute Gasteiger partial charge is 0.452 e. The van der Waals surface area contributed by atoms with Crippen molar-refractivity contribution in [2.45, 2.75) is 22.5 Å². The lowest BCUT2D eigenvalue weighted by molar-refractivity contribution is -0.119. The van der Waals surface area contributed by atoms with E-state index in [0.29, 0.717) is 5.56 Å². The number of hydrogen-bond acceptors (Lipinski definition) is 7. The summed E-state index contributed by atoms with van der Waals surface area (Å²) in [5, 5.41) is 2.45. The van der Waals surface area contributed by atoms with E-state index >= 15 is 0 Å². The van der Waals surface area contributed by atoms with E-state index < -0.39 is 49.0 Å². The lowest BCUT2D eigenvalue weighted by Crippen LogP contribution is -2.23. The fraction of sp³-hybridized carbons (Fsp3) is 0.263. The third kappa shape index (κ3) is 5.66. The standard InChI is InChI=1S/C19H20F2N2O7S2/c1-12-4-7-15(32(28,29)23(2)3)10-16(12)22-17(24)11-30-18(25)13-5-8-14(9-6-13)31(26,27)19(20)21/h4-10,19H,11H2,1-3H3,(H,22,24). The first-order chi connectivity index (χ1) is 14.8. The second-order valence-corrected chi connectivity index (χ2v) is 10.8. The first-order valence-corrected chi connectivity index (χ1v) is 11.9. The van der Waals surface area contributed by atoms with Crippen LogP contribution in [0.5, 0.6) is 0 Å². The number of sulfonamides is 1. The van der Waals surface area contributed by atoms with Gasteiger partial charge in [-0.05, 0) is 48.9 Å². The normalized spacial score (nSPS) is 12.1. The minimum Gasteiger partial charge on any atom is -0.452 e. The Hall–Kier alpha value is -2.90. The van der Waals surface area contributed by atoms with Crippen LogP contribution in [0, 0.1) is 6.92 Å². The molecule has 0 unspecified atom stereocenters. The number of sulfone groups is 1. The first-order valence-electron chi connectivity index (χ1n) is 8.89. The maximum atomic E-state index is 12.5. The van der Waals surface area contributed by atoms with Gasteiger partial charge in [-0.15, -0.1) is 0 Å². The van der Waals surface area contributed by atoms with Crippen molar-refractivity contribution in [3.05, 3.63) is 53.6 Å². The second kappa shape index (κ2) is 9.71. The van der Waals surface area contributed by atoms with E-state index in [1.54, 1.807) is 6.92 Å². The van der Waals surface area contributed by atoms with Gasteiger partial charge in [-0.1, -0.05) is 6.07 Å². The molecule has 0 heterocycles. The number of nitrogens with zero attached hydrogens (tertiary/aromatic N) is 1. The predicted molar refractivity (Wildman–Crippen MR) is 111 cm³/mol. The number of benzene rings is 2. The molecule has 0 aliphatic rings. The van der Waals surface area contributed by atoms with Crippen molar-refractivity contribution in [2.75, 3.05) is 26.0 Å². The monoisotopic (exact) mass is 490 g/mol. The van der Waals surface area contributed by atoms with Gasteiger partial charge in [-0.3, -0.25) is 4.79 Å². The van der Waals surface area contributed by atoms with Crippen molar-refractivity contribution in [1.29, 1.82) is 0 Å². The molecule has 0 saturated heterocycles. The zero-order chi connectivity index (χ0) is 24.3. The van der Waals surface area contributed by atoms with Gasteiger partial charge in [0, 0.05) is 19.8 Å². The Bertz CT molecular complexity index is 1230. The quantitative estimate of drug-likeness (QED) is 0.561. The number of carbonyl (C=O) groups excluding carboxylic acids is 2. The Balaban J connectivity index is 2.05. The van der Waals surface area contributed by atoms with E-state index in [2.05, 4.69) is 5.32 Å². The molecule has 1 amide bonds. The van der Waals surface area contributed by atoms with Crippen LogP contribution in [0.4, 0.5) is 14.5 Å². The lowest BCUT2D eigenvalue weighted by atomic mass is 10.2. The summed E-state index contributed by atoms with van der Waals surface area (Å²) in [6.45, 7) is 0.919. The zero-order valence-corrected chi connectivity index (χ0v) is 18.8. The number of hydrogen-bond donors (Lipinski definition) is 1. The Morgan fingerprint density at radius 3 is 2.09 bits per heavy atom. The van der Waals surface area contributed by atoms with Crippen molar-refractivity contribution in [1.82, 2.24) is 4.31 Å². The highest BCUT2D eigenvalue weighted by Crippen LogP contribution is 2.22. The summed E-state index contributed by atoms with van der Waals surface area (Å²) in [4.78, 5) is 23.5. The SMILES string of the molecule is Cc1ccc(S(=O)(=O)N(C)C)cc1NC(=O)COC(=O)c1ccc(S(=O)(=O)C(F)F)cc1. The van der Waals surface area contributed by atoms with Gasteiger partial charge in [0.25, 0.3) is 5.91 Å². The molecule has 0 fully saturated rings. The average Bonchev–Trinajstić information content (AvgIpc) is 2.73. The molecule has 32 heavy (non-hydrogen) atoms. The molecule has 9 nitrogen and oxygen atoms in total. The fourth-order valence-corrected chi connectivity index (χ4v) is 4.04. The summed E-state index contributed by atoms with van der Waals surface area (Å²) < 4.78 is 78.2. The second-order valence-electron chi connectivity index (χ2n) is 6.72. The number of alkyl halides is 2. The van der Waals surface area contributed by atoms with Crippen LogP contribution in [0.1, 0.15) is 15.9 Å². The van der Waals surface area contributed by atoms with Gasteiger partial charge in [0.05, 0.1) is 15.4 Å². The Labute approximate surface area is 184 Å². The molecule has 13 heteroatoms. The number of carbonyl (C=O) groups is 2. The minimum absolute atomic E-state index is 0.0424. The molecule has 0 atom stereocenters. The van der Waals surface area contributed by atoms with Gasteiger partial charge < -0.3 is 10.1 Å². The molecule has 0 spiro atoms. The molecule has 0 aliphatic carbocycles. The number of aryl methyl sites for hydroxylation is 1. The van der Waals surface area contributed by atoms with Gasteiger partial charge in [-0.2, -0.15) is 8.78 Å². The van der Waals surface area contributed by atoms with Crippen molar-refractivity contribution >= 4 is 37.4 Å². The zero-order valence-electron chi connectivity index (χ0n) is 17.2. The minimum atomic E-state index is -4.80. The van der Waals surface area contributed by atoms with Gasteiger partial charge in [0.15, 0.2) is 6.61 Å². The van der Waals surface area contributed by atoms with E-state index in [9.17, 15) is 35.2 Å². The third-order valence-electron chi connectivity index (χ3n) is 4.25. The highest BCUT2D eigenvalue weighted by molar-refractivity contribution is 7.91. The van der Waals surface area contributed by atoms with Gasteiger partial charge >= 0.3 is 11.7 Å². The lowest BCUT2D eigenvalue weighted by Gasteiger charge is -2.14. The predicted octanol–water partition coefficient (Wildman–Crippen LogP) is 2.04. The maximum absolute atomic E-state index is 12.5. The maximum Gasteiger partial charge on any atom is 0.341 e. The number of nitrogens with one attached hydrogen (secondary N) is 1. The van der Waals surface area contributed by atoms with E-state index in [0.717, 1.165) is 28.6 Å². The molecular weight excluding hydrogens is 470 g/mol. The van der Waals surface area contributed by atoms with Crippen LogP contribution in [0.2, 0.25) is 0 Å². The van der Waals surface area contributed by atoms with Crippen LogP contribution in [0.15, 0.2) is 52.3 Å². The number of amides is 1. The van der Waals surface area contributed by atoms with Crippen LogP contribution in [-0.2, 0) is 29.4 Å². The van der Waals surface area contributed by atoms with Crippen molar-refractivity contribution in [2.24, 2.45) is 0 Å². The van der Waals surface area contributed by atoms with Gasteiger partial charge in [0.1, 0.15) is 0 Å². The number of anilines is 1. The van der Waals surface area contributed by atoms with E-state index in [1.165, 1.54) is 32.3 Å². The van der Waals surface area contributed by atoms with Crippen LogP contribution >= 0.6 is 0 Å². The van der Waals surface area contributed by atoms with Crippen LogP contribution in [0.25, 0.3) is 0 Å². The van der Waals surface area contributed by atoms with E-state index in [4.69, 9.17) is 4.74 Å². The molecule has 2 aromatic rings. The molecule has 0 bridgehead atoms. The Morgan fingerprint density at radius 2 is 1.56 bits per heavy atom. The molecular formula is C19H20F2N2O7S2. The van der Waals surface area contributed by atoms with E-state index in [1.807, 2.05) is 0 Å². The highest BCUT2D eigenvalue weighted by atomic mass is 32.2. The summed E-state index contributed by atoms with van der Waals surface area (Å²) in [5.41, 5.74) is 0.620. The van der Waals surface area contributed by atoms with Crippen LogP contribution in [-0.4, -0.2) is 59.5 Å². The molecule has 0 aliphatic heterocycles. The Morgan fingerprint density at radius 1 is 1.00 bits per heavy atom. The van der Waals surface area contributed by atoms with Crippen LogP contribution in [0.3, 0.4) is 0 Å². The van der Waals surface area contributed by atoms with E-state index in [-0.39, 0.29) is 16.1 Å². The number of ether oxygens (including phenoxy) is 1. The summed E-state index contributed by atoms with van der Waals surface area (Å²) in [5.74, 6) is -5.33. The van der Waals surface area contributed by atoms with Gasteiger partial charge in [0.2, 0.25) is 19.9 Å². The summed E-state index contributed by atoms with van der Waals surface area (Å²) in [7, 11) is -5.80. The highest BCUT2D eigenvalue weighted by Gasteiger charge is 2.26. The number of halogens is 2. The molecule has 0 saturated carbocycles. The third-order valence-corrected chi connectivity index (χ3v) is 7.46. The molecule has 1 N–H and O–H groups in total. The molecule has 174 valence electrons. The van der Waals surface area contributed by atoms with Crippen molar-refractivity contribution < 1.29 is 39.9 Å². The first kappa shape index (κ1) is 25.4. The molecule has 2 rings (SSSR count). The number of esters is 1. The molecule has 2 aromatic carbocycles. The number of rotatable bonds is 8. The topological polar surface area (TPSA) is 127 Å². The van der Waals surface area contributed by atoms with Crippen molar-refractivity contribution in [3.8, 4) is 0 Å². The smallest absolute Gasteiger partial charge is 0.341 e. The fourth-order valence-electron chi connectivity index (χ4n) is 2.39. The molecule has 0 radical (unpaired) electrons. The summed E-state index contributed by atoms with van der Waals surface area (Å²) in [6, 6.07) is 7.79. The molecule has 0 aromatic heterocycles. The Kier molecular flexibility index (Phi) is 7.70. The van der Waals surface area contributed by atoms with Crippen molar-refractivity contribution in [3.63, 3.8) is 0 Å². The average molecular weight is 491 g/mol. The van der Waals surface area contributed by atoms with Gasteiger partial charge in [-0.25, -0.2) is 25.9 Å².